The van der Waals surface area contributed by atoms with Gasteiger partial charge in [0.1, 0.15) is 5.52 Å². The largest absolute Gasteiger partial charge is 0.435 e. The summed E-state index contributed by atoms with van der Waals surface area (Å²) in [5.41, 5.74) is 11.6. The molecular formula is C51H33N3O. The molecule has 9 aromatic carbocycles. The summed E-state index contributed by atoms with van der Waals surface area (Å²) >= 11 is 0. The normalized spacial score (nSPS) is 11.6. The Bertz CT molecular complexity index is 3190. The molecule has 0 saturated heterocycles. The van der Waals surface area contributed by atoms with Crippen molar-refractivity contribution in [1.29, 1.82) is 0 Å². The van der Waals surface area contributed by atoms with Gasteiger partial charge in [0, 0.05) is 44.5 Å². The summed E-state index contributed by atoms with van der Waals surface area (Å²) < 4.78 is 9.07. The second kappa shape index (κ2) is 12.6. The Morgan fingerprint density at radius 1 is 0.436 bits per heavy atom. The quantitative estimate of drug-likeness (QED) is 0.162. The monoisotopic (exact) mass is 703 g/mol. The molecule has 0 radical (unpaired) electrons. The van der Waals surface area contributed by atoms with Crippen LogP contribution in [0.25, 0.3) is 82.7 Å². The van der Waals surface area contributed by atoms with Crippen LogP contribution in [0, 0.1) is 0 Å². The van der Waals surface area contributed by atoms with E-state index in [0.29, 0.717) is 5.89 Å². The number of benzene rings is 9. The zero-order valence-corrected chi connectivity index (χ0v) is 29.8. The van der Waals surface area contributed by atoms with Gasteiger partial charge in [0.2, 0.25) is 5.89 Å². The van der Waals surface area contributed by atoms with Crippen LogP contribution in [0.4, 0.5) is 17.1 Å². The minimum atomic E-state index is 0.618. The SMILES string of the molecule is c1ccc(-c2nc3ccc4cc(-c5ccccc5)c5ccc(N(c6ccccc6)c6ccc7c8ccccc8n(-c8ccccc8)c7c6)cc5c4c3o2)cc1. The lowest BCUT2D eigenvalue weighted by Crippen LogP contribution is -2.10. The second-order valence-corrected chi connectivity index (χ2v) is 14.0. The number of anilines is 3. The molecule has 0 bridgehead atoms. The Labute approximate surface area is 317 Å². The topological polar surface area (TPSA) is 34.2 Å². The number of aromatic nitrogens is 2. The zero-order valence-electron chi connectivity index (χ0n) is 29.8. The summed E-state index contributed by atoms with van der Waals surface area (Å²) in [5.74, 6) is 0.618. The smallest absolute Gasteiger partial charge is 0.227 e. The molecule has 0 amide bonds. The van der Waals surface area contributed by atoms with E-state index in [-0.39, 0.29) is 0 Å². The molecule has 0 aliphatic carbocycles. The molecule has 0 unspecified atom stereocenters. The predicted molar refractivity (Wildman–Crippen MR) is 229 cm³/mol. The van der Waals surface area contributed by atoms with Crippen molar-refractivity contribution in [2.45, 2.75) is 0 Å². The van der Waals surface area contributed by atoms with E-state index in [1.807, 2.05) is 30.3 Å². The van der Waals surface area contributed by atoms with Crippen LogP contribution >= 0.6 is 0 Å². The second-order valence-electron chi connectivity index (χ2n) is 14.0. The van der Waals surface area contributed by atoms with Crippen molar-refractivity contribution >= 4 is 71.5 Å². The number of hydrogen-bond acceptors (Lipinski definition) is 3. The van der Waals surface area contributed by atoms with Gasteiger partial charge in [0.25, 0.3) is 0 Å². The molecule has 4 heteroatoms. The van der Waals surface area contributed by atoms with Crippen molar-refractivity contribution in [2.75, 3.05) is 4.90 Å². The number of rotatable bonds is 6. The van der Waals surface area contributed by atoms with Gasteiger partial charge in [-0.15, -0.1) is 0 Å². The molecule has 2 heterocycles. The van der Waals surface area contributed by atoms with Crippen LogP contribution in [-0.4, -0.2) is 9.55 Å². The maximum Gasteiger partial charge on any atom is 0.227 e. The minimum absolute atomic E-state index is 0.618. The lowest BCUT2D eigenvalue weighted by molar-refractivity contribution is 0.623. The highest BCUT2D eigenvalue weighted by atomic mass is 16.3. The van der Waals surface area contributed by atoms with E-state index in [4.69, 9.17) is 9.40 Å². The lowest BCUT2D eigenvalue weighted by atomic mass is 9.92. The van der Waals surface area contributed by atoms with Gasteiger partial charge in [0.15, 0.2) is 5.58 Å². The number of para-hydroxylation sites is 3. The highest BCUT2D eigenvalue weighted by Crippen LogP contribution is 2.44. The Balaban J connectivity index is 1.19. The van der Waals surface area contributed by atoms with Crippen LogP contribution in [0.5, 0.6) is 0 Å². The van der Waals surface area contributed by atoms with Gasteiger partial charge >= 0.3 is 0 Å². The van der Waals surface area contributed by atoms with Gasteiger partial charge in [-0.3, -0.25) is 0 Å². The minimum Gasteiger partial charge on any atom is -0.435 e. The first kappa shape index (κ1) is 31.1. The average Bonchev–Trinajstić information content (AvgIpc) is 3.84. The van der Waals surface area contributed by atoms with E-state index >= 15 is 0 Å². The first-order valence-corrected chi connectivity index (χ1v) is 18.6. The highest BCUT2D eigenvalue weighted by molar-refractivity contribution is 6.22. The van der Waals surface area contributed by atoms with Crippen molar-refractivity contribution in [3.63, 3.8) is 0 Å². The Kier molecular flexibility index (Phi) is 7.14. The molecule has 0 atom stereocenters. The molecule has 0 aliphatic rings. The summed E-state index contributed by atoms with van der Waals surface area (Å²) in [6.45, 7) is 0. The van der Waals surface area contributed by atoms with E-state index in [9.17, 15) is 0 Å². The van der Waals surface area contributed by atoms with Crippen LogP contribution in [-0.2, 0) is 0 Å². The van der Waals surface area contributed by atoms with E-state index in [0.717, 1.165) is 66.5 Å². The third kappa shape index (κ3) is 5.11. The summed E-state index contributed by atoms with van der Waals surface area (Å²) in [4.78, 5) is 7.34. The number of oxazole rings is 1. The zero-order chi connectivity index (χ0) is 36.3. The fraction of sp³-hybridized carbons (Fsp3) is 0. The van der Waals surface area contributed by atoms with Crippen molar-refractivity contribution in [3.05, 3.63) is 200 Å². The van der Waals surface area contributed by atoms with E-state index < -0.39 is 0 Å². The third-order valence-electron chi connectivity index (χ3n) is 10.8. The van der Waals surface area contributed by atoms with Crippen LogP contribution in [0.2, 0.25) is 0 Å². The molecular weight excluding hydrogens is 671 g/mol. The summed E-state index contributed by atoms with van der Waals surface area (Å²) in [6.07, 6.45) is 0. The maximum atomic E-state index is 6.70. The standard InChI is InChI=1S/C51H33N3O/c1-5-15-34(16-6-1)44-31-36-25-30-46-50(55-51(52-46)35-17-7-2-8-18-35)49(36)45-32-39(26-28-41(44)45)53(37-19-9-3-10-20-37)40-27-29-43-42-23-13-14-24-47(42)54(48(43)33-40)38-21-11-4-12-22-38/h1-33H. The molecule has 11 aromatic rings. The third-order valence-corrected chi connectivity index (χ3v) is 10.8. The Morgan fingerprint density at radius 2 is 1.05 bits per heavy atom. The van der Waals surface area contributed by atoms with Crippen molar-refractivity contribution in [2.24, 2.45) is 0 Å². The van der Waals surface area contributed by atoms with Gasteiger partial charge in [-0.25, -0.2) is 4.98 Å². The van der Waals surface area contributed by atoms with Crippen molar-refractivity contribution in [1.82, 2.24) is 9.55 Å². The lowest BCUT2D eigenvalue weighted by Gasteiger charge is -2.26. The molecule has 4 nitrogen and oxygen atoms in total. The first-order valence-electron chi connectivity index (χ1n) is 18.6. The van der Waals surface area contributed by atoms with E-state index in [2.05, 4.69) is 179 Å². The fourth-order valence-electron chi connectivity index (χ4n) is 8.29. The van der Waals surface area contributed by atoms with Gasteiger partial charge in [-0.05, 0) is 106 Å². The van der Waals surface area contributed by atoms with Gasteiger partial charge < -0.3 is 13.9 Å². The van der Waals surface area contributed by atoms with E-state index in [1.165, 1.54) is 27.4 Å². The molecule has 0 fully saturated rings. The first-order chi connectivity index (χ1) is 27.3. The summed E-state index contributed by atoms with van der Waals surface area (Å²) in [5, 5.41) is 6.87. The number of fused-ring (bicyclic) bond motifs is 8. The molecule has 0 spiro atoms. The Hall–Kier alpha value is -7.43. The summed E-state index contributed by atoms with van der Waals surface area (Å²) in [6, 6.07) is 71.0. The fourth-order valence-corrected chi connectivity index (χ4v) is 8.29. The van der Waals surface area contributed by atoms with Crippen LogP contribution in [0.3, 0.4) is 0 Å². The van der Waals surface area contributed by atoms with Crippen LogP contribution < -0.4 is 4.90 Å². The van der Waals surface area contributed by atoms with Crippen LogP contribution in [0.15, 0.2) is 205 Å². The highest BCUT2D eigenvalue weighted by Gasteiger charge is 2.21. The average molecular weight is 704 g/mol. The molecule has 55 heavy (non-hydrogen) atoms. The summed E-state index contributed by atoms with van der Waals surface area (Å²) in [7, 11) is 0. The molecule has 0 aliphatic heterocycles. The van der Waals surface area contributed by atoms with Crippen molar-refractivity contribution < 1.29 is 4.42 Å². The number of hydrogen-bond donors (Lipinski definition) is 0. The molecule has 258 valence electrons. The van der Waals surface area contributed by atoms with Crippen LogP contribution in [0.1, 0.15) is 0 Å². The molecule has 0 saturated carbocycles. The van der Waals surface area contributed by atoms with Crippen molar-refractivity contribution in [3.8, 4) is 28.3 Å². The Morgan fingerprint density at radius 3 is 1.82 bits per heavy atom. The van der Waals surface area contributed by atoms with E-state index in [1.54, 1.807) is 0 Å². The maximum absolute atomic E-state index is 6.70. The predicted octanol–water partition coefficient (Wildman–Crippen LogP) is 14.0. The molecule has 2 aromatic heterocycles. The number of nitrogens with zero attached hydrogens (tertiary/aromatic N) is 3. The molecule has 11 rings (SSSR count). The van der Waals surface area contributed by atoms with Gasteiger partial charge in [-0.2, -0.15) is 0 Å². The van der Waals surface area contributed by atoms with Gasteiger partial charge in [0.05, 0.1) is 11.0 Å². The molecule has 0 N–H and O–H groups in total. The van der Waals surface area contributed by atoms with Gasteiger partial charge in [-0.1, -0.05) is 121 Å².